The van der Waals surface area contributed by atoms with E-state index in [0.29, 0.717) is 6.42 Å². The first-order chi connectivity index (χ1) is 10.4. The van der Waals surface area contributed by atoms with Gasteiger partial charge in [0.05, 0.1) is 6.61 Å². The molecule has 0 bridgehead atoms. The van der Waals surface area contributed by atoms with Gasteiger partial charge >= 0.3 is 0 Å². The van der Waals surface area contributed by atoms with Crippen LogP contribution in [-0.4, -0.2) is 68.1 Å². The molecule has 7 nitrogen and oxygen atoms in total. The number of hydrogen-bond donors (Lipinski definition) is 5. The Morgan fingerprint density at radius 2 is 1.64 bits per heavy atom. The molecule has 0 aliphatic carbocycles. The first kappa shape index (κ1) is 19.5. The van der Waals surface area contributed by atoms with Gasteiger partial charge in [0.1, 0.15) is 24.4 Å². The van der Waals surface area contributed by atoms with E-state index in [1.165, 1.54) is 0 Å². The molecule has 5 atom stereocenters. The van der Waals surface area contributed by atoms with Crippen molar-refractivity contribution in [3.05, 3.63) is 0 Å². The van der Waals surface area contributed by atoms with Crippen molar-refractivity contribution in [2.24, 2.45) is 0 Å². The van der Waals surface area contributed by atoms with Crippen LogP contribution in [0.4, 0.5) is 0 Å². The molecule has 7 heteroatoms. The van der Waals surface area contributed by atoms with Gasteiger partial charge in [0.2, 0.25) is 0 Å². The lowest BCUT2D eigenvalue weighted by molar-refractivity contribution is -0.331. The third-order valence-corrected chi connectivity index (χ3v) is 4.12. The molecule has 0 radical (unpaired) electrons. The Kier molecular flexibility index (Phi) is 7.88. The molecule has 22 heavy (non-hydrogen) atoms. The van der Waals surface area contributed by atoms with Crippen molar-refractivity contribution in [3.63, 3.8) is 0 Å². The van der Waals surface area contributed by atoms with Crippen molar-refractivity contribution in [2.45, 2.75) is 82.1 Å². The number of aliphatic hydroxyl groups is 5. The molecule has 1 saturated heterocycles. The molecule has 0 aromatic heterocycles. The van der Waals surface area contributed by atoms with Gasteiger partial charge in [0.15, 0.2) is 5.78 Å². The quantitative estimate of drug-likeness (QED) is 0.361. The summed E-state index contributed by atoms with van der Waals surface area (Å²) >= 11 is 0. The maximum Gasteiger partial charge on any atom is 0.256 e. The number of ether oxygens (including phenoxy) is 1. The first-order valence-corrected chi connectivity index (χ1v) is 7.97. The van der Waals surface area contributed by atoms with E-state index in [0.717, 1.165) is 32.1 Å². The van der Waals surface area contributed by atoms with E-state index < -0.39 is 42.6 Å². The molecule has 1 heterocycles. The second kappa shape index (κ2) is 8.90. The van der Waals surface area contributed by atoms with Gasteiger partial charge in [0.25, 0.3) is 5.79 Å². The molecular weight excluding hydrogens is 292 g/mol. The number of Topliss-reactive ketones (excluding diaryl/α,β-unsaturated/α-hetero) is 1. The van der Waals surface area contributed by atoms with Crippen LogP contribution in [0.2, 0.25) is 0 Å². The van der Waals surface area contributed by atoms with Crippen molar-refractivity contribution >= 4 is 5.78 Å². The molecule has 1 aliphatic rings. The molecule has 0 aromatic carbocycles. The van der Waals surface area contributed by atoms with Crippen LogP contribution in [0.1, 0.15) is 51.9 Å². The van der Waals surface area contributed by atoms with E-state index in [1.807, 2.05) is 0 Å². The molecule has 1 fully saturated rings. The SMILES string of the molecule is CCCCCCCCC(=O)[C@@]1(O)O[C@H](CO)[C@@H](O)[C@H](O)[C@H]1O. The summed E-state index contributed by atoms with van der Waals surface area (Å²) < 4.78 is 4.97. The Balaban J connectivity index is 2.54. The highest BCUT2D eigenvalue weighted by Crippen LogP contribution is 2.30. The lowest BCUT2D eigenvalue weighted by Crippen LogP contribution is -2.68. The van der Waals surface area contributed by atoms with Crippen LogP contribution in [0.3, 0.4) is 0 Å². The first-order valence-electron chi connectivity index (χ1n) is 7.97. The van der Waals surface area contributed by atoms with Gasteiger partial charge in [-0.15, -0.1) is 0 Å². The van der Waals surface area contributed by atoms with E-state index in [1.54, 1.807) is 0 Å². The number of hydrogen-bond acceptors (Lipinski definition) is 7. The fourth-order valence-corrected chi connectivity index (χ4v) is 2.63. The van der Waals surface area contributed by atoms with Crippen LogP contribution in [0.5, 0.6) is 0 Å². The Morgan fingerprint density at radius 1 is 1.05 bits per heavy atom. The lowest BCUT2D eigenvalue weighted by atomic mass is 9.88. The maximum absolute atomic E-state index is 12.1. The molecule has 1 rings (SSSR count). The van der Waals surface area contributed by atoms with Gasteiger partial charge in [-0.25, -0.2) is 0 Å². The van der Waals surface area contributed by atoms with Crippen LogP contribution >= 0.6 is 0 Å². The van der Waals surface area contributed by atoms with Crippen molar-refractivity contribution in [3.8, 4) is 0 Å². The average Bonchev–Trinajstić information content (AvgIpc) is 2.52. The molecule has 0 saturated carbocycles. The van der Waals surface area contributed by atoms with Crippen LogP contribution < -0.4 is 0 Å². The van der Waals surface area contributed by atoms with E-state index in [9.17, 15) is 25.2 Å². The van der Waals surface area contributed by atoms with Crippen LogP contribution in [0.15, 0.2) is 0 Å². The fourth-order valence-electron chi connectivity index (χ4n) is 2.63. The Labute approximate surface area is 130 Å². The minimum atomic E-state index is -2.59. The molecular formula is C15H28O7. The minimum absolute atomic E-state index is 0.000644. The van der Waals surface area contributed by atoms with E-state index in [2.05, 4.69) is 6.92 Å². The summed E-state index contributed by atoms with van der Waals surface area (Å²) in [4.78, 5) is 12.1. The third-order valence-electron chi connectivity index (χ3n) is 4.12. The van der Waals surface area contributed by atoms with Crippen LogP contribution in [-0.2, 0) is 9.53 Å². The molecule has 0 amide bonds. The van der Waals surface area contributed by atoms with Gasteiger partial charge in [-0.1, -0.05) is 39.0 Å². The summed E-state index contributed by atoms with van der Waals surface area (Å²) in [7, 11) is 0. The monoisotopic (exact) mass is 320 g/mol. The molecule has 0 aromatic rings. The van der Waals surface area contributed by atoms with Crippen molar-refractivity contribution < 1.29 is 35.1 Å². The fraction of sp³-hybridized carbons (Fsp3) is 0.933. The third kappa shape index (κ3) is 4.47. The Morgan fingerprint density at radius 3 is 2.23 bits per heavy atom. The highest BCUT2D eigenvalue weighted by molar-refractivity contribution is 5.86. The molecule has 5 N–H and O–H groups in total. The highest BCUT2D eigenvalue weighted by Gasteiger charge is 2.56. The predicted octanol–water partition coefficient (Wildman–Crippen LogP) is -0.532. The van der Waals surface area contributed by atoms with Crippen molar-refractivity contribution in [1.82, 2.24) is 0 Å². The number of unbranched alkanes of at least 4 members (excludes halogenated alkanes) is 5. The lowest BCUT2D eigenvalue weighted by Gasteiger charge is -2.44. The van der Waals surface area contributed by atoms with Crippen LogP contribution in [0, 0.1) is 0 Å². The standard InChI is InChI=1S/C15H28O7/c1-2-3-4-5-6-7-8-11(17)15(21)14(20)13(19)12(18)10(9-16)22-15/h10,12-14,16,18-21H,2-9H2,1H3/t10-,12-,13+,14-,15-/m1/s1. The number of carbonyl (C=O) groups is 1. The largest absolute Gasteiger partial charge is 0.394 e. The number of rotatable bonds is 9. The second-order valence-electron chi connectivity index (χ2n) is 5.90. The van der Waals surface area contributed by atoms with E-state index in [-0.39, 0.29) is 6.42 Å². The van der Waals surface area contributed by atoms with Crippen LogP contribution in [0.25, 0.3) is 0 Å². The highest BCUT2D eigenvalue weighted by atomic mass is 16.7. The summed E-state index contributed by atoms with van der Waals surface area (Å²) in [6.45, 7) is 1.43. The normalized spacial score (nSPS) is 35.5. The topological polar surface area (TPSA) is 127 Å². The molecule has 130 valence electrons. The number of ketones is 1. The van der Waals surface area contributed by atoms with E-state index in [4.69, 9.17) is 9.84 Å². The summed E-state index contributed by atoms with van der Waals surface area (Å²) in [5.74, 6) is -3.34. The Bertz CT molecular complexity index is 347. The molecule has 1 aliphatic heterocycles. The van der Waals surface area contributed by atoms with Gasteiger partial charge in [-0.2, -0.15) is 0 Å². The number of aliphatic hydroxyl groups excluding tert-OH is 4. The Hall–Kier alpha value is -0.570. The minimum Gasteiger partial charge on any atom is -0.394 e. The maximum atomic E-state index is 12.1. The zero-order valence-electron chi connectivity index (χ0n) is 13.0. The zero-order chi connectivity index (χ0) is 16.8. The van der Waals surface area contributed by atoms with Crippen molar-refractivity contribution in [2.75, 3.05) is 6.61 Å². The smallest absolute Gasteiger partial charge is 0.256 e. The summed E-state index contributed by atoms with van der Waals surface area (Å²) in [5.41, 5.74) is 0. The second-order valence-corrected chi connectivity index (χ2v) is 5.90. The number of carbonyl (C=O) groups excluding carboxylic acids is 1. The summed E-state index contributed by atoms with van der Waals surface area (Å²) in [6.07, 6.45) is -0.879. The molecule has 0 unspecified atom stereocenters. The van der Waals surface area contributed by atoms with Crippen molar-refractivity contribution in [1.29, 1.82) is 0 Å². The van der Waals surface area contributed by atoms with E-state index >= 15 is 0 Å². The van der Waals surface area contributed by atoms with Gasteiger partial charge in [-0.05, 0) is 6.42 Å². The predicted molar refractivity (Wildman–Crippen MR) is 77.9 cm³/mol. The van der Waals surface area contributed by atoms with Gasteiger partial charge in [0, 0.05) is 6.42 Å². The molecule has 0 spiro atoms. The summed E-state index contributed by atoms with van der Waals surface area (Å²) in [5, 5.41) is 48.4. The zero-order valence-corrected chi connectivity index (χ0v) is 13.0. The van der Waals surface area contributed by atoms with Gasteiger partial charge < -0.3 is 30.3 Å². The van der Waals surface area contributed by atoms with Gasteiger partial charge in [-0.3, -0.25) is 4.79 Å². The summed E-state index contributed by atoms with van der Waals surface area (Å²) in [6, 6.07) is 0. The average molecular weight is 320 g/mol.